The highest BCUT2D eigenvalue weighted by atomic mass is 35.5. The van der Waals surface area contributed by atoms with Crippen molar-refractivity contribution in [2.75, 3.05) is 14.2 Å². The Bertz CT molecular complexity index is 591. The lowest BCUT2D eigenvalue weighted by Gasteiger charge is -2.10. The predicted octanol–water partition coefficient (Wildman–Crippen LogP) is 2.45. The predicted molar refractivity (Wildman–Crippen MR) is 82.2 cm³/mol. The van der Waals surface area contributed by atoms with Crippen molar-refractivity contribution < 1.29 is 14.3 Å². The van der Waals surface area contributed by atoms with Gasteiger partial charge in [-0.3, -0.25) is 9.78 Å². The van der Waals surface area contributed by atoms with Gasteiger partial charge in [0.05, 0.1) is 19.8 Å². The summed E-state index contributed by atoms with van der Waals surface area (Å²) in [5.74, 6) is 1.14. The summed E-state index contributed by atoms with van der Waals surface area (Å²) >= 11 is 0. The third-order valence-corrected chi connectivity index (χ3v) is 2.82. The molecule has 0 bridgehead atoms. The first-order chi connectivity index (χ1) is 9.74. The molecule has 2 aromatic rings. The van der Waals surface area contributed by atoms with E-state index in [1.165, 1.54) is 6.20 Å². The molecule has 0 fully saturated rings. The van der Waals surface area contributed by atoms with Crippen LogP contribution in [0.3, 0.4) is 0 Å². The van der Waals surface area contributed by atoms with Crippen LogP contribution in [0.1, 0.15) is 15.9 Å². The molecule has 0 unspecified atom stereocenters. The van der Waals surface area contributed by atoms with Gasteiger partial charge < -0.3 is 14.8 Å². The molecule has 0 saturated carbocycles. The summed E-state index contributed by atoms with van der Waals surface area (Å²) in [6.45, 7) is 0.411. The average molecular weight is 309 g/mol. The highest BCUT2D eigenvalue weighted by Gasteiger charge is 2.07. The Morgan fingerprint density at radius 1 is 1.19 bits per heavy atom. The Labute approximate surface area is 129 Å². The van der Waals surface area contributed by atoms with Gasteiger partial charge in [-0.1, -0.05) is 6.07 Å². The Hall–Kier alpha value is -2.27. The average Bonchev–Trinajstić information content (AvgIpc) is 2.53. The van der Waals surface area contributed by atoms with Crippen molar-refractivity contribution in [3.8, 4) is 11.5 Å². The molecular weight excluding hydrogens is 292 g/mol. The number of hydrogen-bond acceptors (Lipinski definition) is 4. The number of nitrogens with one attached hydrogen (secondary N) is 1. The number of ether oxygens (including phenoxy) is 2. The minimum absolute atomic E-state index is 0. The van der Waals surface area contributed by atoms with E-state index in [-0.39, 0.29) is 18.3 Å². The Balaban J connectivity index is 0.00000220. The van der Waals surface area contributed by atoms with Crippen molar-refractivity contribution in [1.29, 1.82) is 0 Å². The fraction of sp³-hybridized carbons (Fsp3) is 0.200. The molecule has 6 heteroatoms. The summed E-state index contributed by atoms with van der Waals surface area (Å²) in [6.07, 6.45) is 3.16. The van der Waals surface area contributed by atoms with E-state index in [9.17, 15) is 4.79 Å². The summed E-state index contributed by atoms with van der Waals surface area (Å²) in [4.78, 5) is 15.8. The Morgan fingerprint density at radius 3 is 2.57 bits per heavy atom. The van der Waals surface area contributed by atoms with Crippen molar-refractivity contribution in [2.24, 2.45) is 0 Å². The van der Waals surface area contributed by atoms with Crippen LogP contribution in [0.4, 0.5) is 0 Å². The standard InChI is InChI=1S/C15H16N2O3.ClH/c1-19-13-6-5-11(8-14(13)20-2)9-17-15(18)12-4-3-7-16-10-12;/h3-8,10H,9H2,1-2H3,(H,17,18);1H. The summed E-state index contributed by atoms with van der Waals surface area (Å²) in [6, 6.07) is 8.97. The topological polar surface area (TPSA) is 60.5 Å². The van der Waals surface area contributed by atoms with Crippen molar-refractivity contribution in [1.82, 2.24) is 10.3 Å². The number of carbonyl (C=O) groups excluding carboxylic acids is 1. The Kier molecular flexibility index (Phi) is 6.49. The van der Waals surface area contributed by atoms with Gasteiger partial charge in [-0.2, -0.15) is 0 Å². The second kappa shape index (κ2) is 8.11. The maximum atomic E-state index is 11.9. The normalized spacial score (nSPS) is 9.43. The molecule has 1 heterocycles. The first-order valence-electron chi connectivity index (χ1n) is 6.13. The number of methoxy groups -OCH3 is 2. The molecular formula is C15H17ClN2O3. The van der Waals surface area contributed by atoms with Crippen LogP contribution in [0, 0.1) is 0 Å². The Morgan fingerprint density at radius 2 is 1.95 bits per heavy atom. The third-order valence-electron chi connectivity index (χ3n) is 2.82. The minimum atomic E-state index is -0.159. The van der Waals surface area contributed by atoms with Crippen molar-refractivity contribution >= 4 is 18.3 Å². The second-order valence-electron chi connectivity index (χ2n) is 4.11. The third kappa shape index (κ3) is 4.36. The molecule has 1 aromatic carbocycles. The monoisotopic (exact) mass is 308 g/mol. The van der Waals surface area contributed by atoms with Crippen LogP contribution in [-0.4, -0.2) is 25.1 Å². The van der Waals surface area contributed by atoms with Crippen molar-refractivity contribution in [2.45, 2.75) is 6.54 Å². The number of nitrogens with zero attached hydrogens (tertiary/aromatic N) is 1. The number of rotatable bonds is 5. The van der Waals surface area contributed by atoms with Crippen LogP contribution in [0.15, 0.2) is 42.7 Å². The molecule has 0 atom stereocenters. The number of pyridine rings is 1. The van der Waals surface area contributed by atoms with Crippen LogP contribution in [0.25, 0.3) is 0 Å². The van der Waals surface area contributed by atoms with Crippen LogP contribution in [-0.2, 0) is 6.54 Å². The first kappa shape index (κ1) is 16.8. The van der Waals surface area contributed by atoms with Crippen LogP contribution < -0.4 is 14.8 Å². The van der Waals surface area contributed by atoms with E-state index in [4.69, 9.17) is 9.47 Å². The van der Waals surface area contributed by atoms with E-state index in [0.29, 0.717) is 23.6 Å². The molecule has 0 radical (unpaired) electrons. The van der Waals surface area contributed by atoms with Gasteiger partial charge in [0.1, 0.15) is 0 Å². The van der Waals surface area contributed by atoms with Gasteiger partial charge in [0.15, 0.2) is 11.5 Å². The number of amides is 1. The largest absolute Gasteiger partial charge is 0.493 e. The first-order valence-corrected chi connectivity index (χ1v) is 6.13. The van der Waals surface area contributed by atoms with Gasteiger partial charge in [-0.25, -0.2) is 0 Å². The van der Waals surface area contributed by atoms with Gasteiger partial charge in [-0.15, -0.1) is 12.4 Å². The smallest absolute Gasteiger partial charge is 0.253 e. The van der Waals surface area contributed by atoms with Gasteiger partial charge in [0, 0.05) is 18.9 Å². The maximum absolute atomic E-state index is 11.9. The number of aromatic nitrogens is 1. The van der Waals surface area contributed by atoms with Crippen LogP contribution >= 0.6 is 12.4 Å². The van der Waals surface area contributed by atoms with Gasteiger partial charge in [0.25, 0.3) is 5.91 Å². The molecule has 0 aliphatic heterocycles. The number of hydrogen-bond donors (Lipinski definition) is 1. The molecule has 2 rings (SSSR count). The molecule has 112 valence electrons. The van der Waals surface area contributed by atoms with Crippen LogP contribution in [0.5, 0.6) is 11.5 Å². The van der Waals surface area contributed by atoms with E-state index < -0.39 is 0 Å². The molecule has 5 nitrogen and oxygen atoms in total. The zero-order valence-corrected chi connectivity index (χ0v) is 12.6. The fourth-order valence-electron chi connectivity index (χ4n) is 1.77. The summed E-state index contributed by atoms with van der Waals surface area (Å²) in [5.41, 5.74) is 1.47. The lowest BCUT2D eigenvalue weighted by Crippen LogP contribution is -2.22. The zero-order valence-electron chi connectivity index (χ0n) is 11.8. The van der Waals surface area contributed by atoms with Gasteiger partial charge in [0.2, 0.25) is 0 Å². The quantitative estimate of drug-likeness (QED) is 0.921. The second-order valence-corrected chi connectivity index (χ2v) is 4.11. The zero-order chi connectivity index (χ0) is 14.4. The van der Waals surface area contributed by atoms with Crippen molar-refractivity contribution in [3.63, 3.8) is 0 Å². The van der Waals surface area contributed by atoms with E-state index in [1.807, 2.05) is 18.2 Å². The summed E-state index contributed by atoms with van der Waals surface area (Å²) in [5, 5.41) is 2.83. The molecule has 1 aromatic heterocycles. The van der Waals surface area contributed by atoms with E-state index in [0.717, 1.165) is 5.56 Å². The van der Waals surface area contributed by atoms with E-state index in [2.05, 4.69) is 10.3 Å². The summed E-state index contributed by atoms with van der Waals surface area (Å²) in [7, 11) is 3.16. The molecule has 0 aliphatic carbocycles. The lowest BCUT2D eigenvalue weighted by molar-refractivity contribution is 0.0950. The number of halogens is 1. The molecule has 0 saturated heterocycles. The van der Waals surface area contributed by atoms with E-state index >= 15 is 0 Å². The number of benzene rings is 1. The molecule has 1 N–H and O–H groups in total. The van der Waals surface area contributed by atoms with Gasteiger partial charge >= 0.3 is 0 Å². The summed E-state index contributed by atoms with van der Waals surface area (Å²) < 4.78 is 10.4. The SMILES string of the molecule is COc1ccc(CNC(=O)c2cccnc2)cc1OC.Cl. The fourth-order valence-corrected chi connectivity index (χ4v) is 1.77. The molecule has 1 amide bonds. The van der Waals surface area contributed by atoms with Gasteiger partial charge in [-0.05, 0) is 29.8 Å². The molecule has 0 spiro atoms. The molecule has 21 heavy (non-hydrogen) atoms. The minimum Gasteiger partial charge on any atom is -0.493 e. The van der Waals surface area contributed by atoms with Crippen LogP contribution in [0.2, 0.25) is 0 Å². The highest BCUT2D eigenvalue weighted by Crippen LogP contribution is 2.27. The lowest BCUT2D eigenvalue weighted by atomic mass is 10.2. The number of carbonyl (C=O) groups is 1. The van der Waals surface area contributed by atoms with Crippen molar-refractivity contribution in [3.05, 3.63) is 53.9 Å². The van der Waals surface area contributed by atoms with E-state index in [1.54, 1.807) is 32.5 Å². The maximum Gasteiger partial charge on any atom is 0.253 e. The highest BCUT2D eigenvalue weighted by molar-refractivity contribution is 5.93. The molecule has 0 aliphatic rings.